The van der Waals surface area contributed by atoms with E-state index in [0.717, 1.165) is 17.0 Å². The van der Waals surface area contributed by atoms with Crippen LogP contribution in [0.4, 0.5) is 20.2 Å². The lowest BCUT2D eigenvalue weighted by Gasteiger charge is -2.16. The zero-order valence-corrected chi connectivity index (χ0v) is 17.4. The molecule has 0 unspecified atom stereocenters. The van der Waals surface area contributed by atoms with Crippen LogP contribution in [0.2, 0.25) is 0 Å². The average Bonchev–Trinajstić information content (AvgIpc) is 3.01. The van der Waals surface area contributed by atoms with Gasteiger partial charge in [0, 0.05) is 11.8 Å². The highest BCUT2D eigenvalue weighted by Crippen LogP contribution is 2.34. The van der Waals surface area contributed by atoms with E-state index in [9.17, 15) is 18.4 Å². The molecule has 32 heavy (non-hydrogen) atoms. The summed E-state index contributed by atoms with van der Waals surface area (Å²) < 4.78 is 32.8. The maximum Gasteiger partial charge on any atom is 0.282 e. The quantitative estimate of drug-likeness (QED) is 0.546. The van der Waals surface area contributed by atoms with Crippen LogP contribution in [0, 0.1) is 11.6 Å². The normalized spacial score (nSPS) is 13.8. The first-order valence-corrected chi connectivity index (χ1v) is 10.0. The van der Waals surface area contributed by atoms with Gasteiger partial charge in [0.25, 0.3) is 11.8 Å². The molecule has 1 heterocycles. The first kappa shape index (κ1) is 21.2. The van der Waals surface area contributed by atoms with Crippen LogP contribution in [0.3, 0.4) is 0 Å². The highest BCUT2D eigenvalue weighted by Gasteiger charge is 2.40. The molecule has 3 aromatic rings. The van der Waals surface area contributed by atoms with Crippen LogP contribution in [0.15, 0.2) is 78.5 Å². The van der Waals surface area contributed by atoms with Crippen molar-refractivity contribution in [3.8, 4) is 5.75 Å². The predicted molar refractivity (Wildman–Crippen MR) is 118 cm³/mol. The summed E-state index contributed by atoms with van der Waals surface area (Å²) in [6.45, 7) is 3.83. The molecule has 1 N–H and O–H groups in total. The van der Waals surface area contributed by atoms with Crippen molar-refractivity contribution in [2.75, 3.05) is 10.2 Å². The average molecular weight is 434 g/mol. The summed E-state index contributed by atoms with van der Waals surface area (Å²) in [7, 11) is 0. The van der Waals surface area contributed by atoms with Crippen molar-refractivity contribution in [2.45, 2.75) is 20.0 Å². The van der Waals surface area contributed by atoms with E-state index in [4.69, 9.17) is 4.74 Å². The Morgan fingerprint density at radius 2 is 1.53 bits per heavy atom. The summed E-state index contributed by atoms with van der Waals surface area (Å²) in [5, 5.41) is 3.02. The number of nitrogens with one attached hydrogen (secondary N) is 1. The van der Waals surface area contributed by atoms with E-state index in [-0.39, 0.29) is 23.1 Å². The topological polar surface area (TPSA) is 58.6 Å². The van der Waals surface area contributed by atoms with E-state index in [1.807, 2.05) is 13.8 Å². The van der Waals surface area contributed by atoms with Gasteiger partial charge in [0.15, 0.2) is 11.6 Å². The van der Waals surface area contributed by atoms with Gasteiger partial charge < -0.3 is 10.1 Å². The van der Waals surface area contributed by atoms with Gasteiger partial charge in [-0.3, -0.25) is 9.59 Å². The molecule has 5 nitrogen and oxygen atoms in total. The number of imide groups is 1. The molecule has 0 fully saturated rings. The van der Waals surface area contributed by atoms with Gasteiger partial charge in [-0.25, -0.2) is 13.7 Å². The van der Waals surface area contributed by atoms with Gasteiger partial charge in [-0.1, -0.05) is 30.3 Å². The number of amides is 2. The second kappa shape index (κ2) is 8.63. The molecule has 0 aromatic heterocycles. The van der Waals surface area contributed by atoms with Crippen molar-refractivity contribution in [1.29, 1.82) is 0 Å². The summed E-state index contributed by atoms with van der Waals surface area (Å²) in [6, 6.07) is 18.5. The van der Waals surface area contributed by atoms with E-state index >= 15 is 0 Å². The summed E-state index contributed by atoms with van der Waals surface area (Å²) in [5.41, 5.74) is 1.23. The van der Waals surface area contributed by atoms with E-state index in [1.165, 1.54) is 6.07 Å². The molecule has 0 atom stereocenters. The fraction of sp³-hybridized carbons (Fsp3) is 0.120. The fourth-order valence-corrected chi connectivity index (χ4v) is 3.41. The molecule has 4 rings (SSSR count). The third-order valence-electron chi connectivity index (χ3n) is 4.80. The Hall–Kier alpha value is -4.00. The third-order valence-corrected chi connectivity index (χ3v) is 4.80. The minimum absolute atomic E-state index is 0.0138. The molecule has 1 aliphatic rings. The van der Waals surface area contributed by atoms with Gasteiger partial charge in [-0.15, -0.1) is 0 Å². The molecule has 0 saturated heterocycles. The number of carbonyl (C=O) groups is 2. The van der Waals surface area contributed by atoms with Crippen molar-refractivity contribution < 1.29 is 23.1 Å². The minimum atomic E-state index is -1.15. The third kappa shape index (κ3) is 4.09. The Kier molecular flexibility index (Phi) is 5.73. The van der Waals surface area contributed by atoms with Crippen molar-refractivity contribution in [2.24, 2.45) is 0 Å². The Morgan fingerprint density at radius 3 is 2.16 bits per heavy atom. The predicted octanol–water partition coefficient (Wildman–Crippen LogP) is 5.15. The number of rotatable bonds is 6. The van der Waals surface area contributed by atoms with Crippen molar-refractivity contribution in [1.82, 2.24) is 0 Å². The zero-order chi connectivity index (χ0) is 22.8. The highest BCUT2D eigenvalue weighted by atomic mass is 19.2. The molecule has 0 spiro atoms. The fourth-order valence-electron chi connectivity index (χ4n) is 3.41. The number of anilines is 2. The highest BCUT2D eigenvalue weighted by molar-refractivity contribution is 6.46. The van der Waals surface area contributed by atoms with Crippen LogP contribution in [0.25, 0.3) is 5.57 Å². The molecule has 0 radical (unpaired) electrons. The van der Waals surface area contributed by atoms with Crippen LogP contribution < -0.4 is 15.0 Å². The Labute approximate surface area is 183 Å². The summed E-state index contributed by atoms with van der Waals surface area (Å²) in [6.07, 6.45) is 0.0138. The first-order chi connectivity index (χ1) is 15.3. The Morgan fingerprint density at radius 1 is 0.844 bits per heavy atom. The smallest absolute Gasteiger partial charge is 0.282 e. The lowest BCUT2D eigenvalue weighted by atomic mass is 10.0. The monoisotopic (exact) mass is 434 g/mol. The SMILES string of the molecule is CC(C)Oc1ccc(NC2=C(c3ccccc3)C(=O)N(c3ccc(F)c(F)c3)C2=O)cc1. The summed E-state index contributed by atoms with van der Waals surface area (Å²) in [5.74, 6) is -2.84. The lowest BCUT2D eigenvalue weighted by molar-refractivity contribution is -0.120. The standard InChI is InChI=1S/C25H20F2N2O3/c1-15(2)32-19-11-8-17(9-12-19)28-23-22(16-6-4-3-5-7-16)24(30)29(25(23)31)18-10-13-20(26)21(27)14-18/h3-15,28H,1-2H3. The summed E-state index contributed by atoms with van der Waals surface area (Å²) in [4.78, 5) is 27.4. The summed E-state index contributed by atoms with van der Waals surface area (Å²) >= 11 is 0. The molecule has 3 aromatic carbocycles. The lowest BCUT2D eigenvalue weighted by Crippen LogP contribution is -2.32. The molecular formula is C25H20F2N2O3. The van der Waals surface area contributed by atoms with Crippen LogP contribution in [0.5, 0.6) is 5.75 Å². The number of ether oxygens (including phenoxy) is 1. The number of hydrogen-bond donors (Lipinski definition) is 1. The van der Waals surface area contributed by atoms with Crippen LogP contribution in [-0.4, -0.2) is 17.9 Å². The maximum atomic E-state index is 13.8. The van der Waals surface area contributed by atoms with Crippen LogP contribution in [0.1, 0.15) is 19.4 Å². The second-order valence-corrected chi connectivity index (χ2v) is 7.48. The molecule has 162 valence electrons. The van der Waals surface area contributed by atoms with E-state index in [2.05, 4.69) is 5.32 Å². The first-order valence-electron chi connectivity index (χ1n) is 10.0. The number of halogens is 2. The van der Waals surface area contributed by atoms with Gasteiger partial charge >= 0.3 is 0 Å². The van der Waals surface area contributed by atoms with Gasteiger partial charge in [0.2, 0.25) is 0 Å². The maximum absolute atomic E-state index is 13.8. The Balaban J connectivity index is 1.73. The number of benzene rings is 3. The molecular weight excluding hydrogens is 414 g/mol. The van der Waals surface area contributed by atoms with E-state index in [1.54, 1.807) is 54.6 Å². The van der Waals surface area contributed by atoms with Crippen molar-refractivity contribution in [3.63, 3.8) is 0 Å². The molecule has 2 amide bonds. The van der Waals surface area contributed by atoms with Crippen molar-refractivity contribution in [3.05, 3.63) is 95.7 Å². The molecule has 1 aliphatic heterocycles. The van der Waals surface area contributed by atoms with E-state index in [0.29, 0.717) is 17.0 Å². The largest absolute Gasteiger partial charge is 0.491 e. The van der Waals surface area contributed by atoms with Crippen LogP contribution in [-0.2, 0) is 9.59 Å². The van der Waals surface area contributed by atoms with Gasteiger partial charge in [-0.2, -0.15) is 0 Å². The molecule has 7 heteroatoms. The number of hydrogen-bond acceptors (Lipinski definition) is 4. The van der Waals surface area contributed by atoms with Gasteiger partial charge in [0.05, 0.1) is 17.4 Å². The second-order valence-electron chi connectivity index (χ2n) is 7.48. The zero-order valence-electron chi connectivity index (χ0n) is 17.4. The number of nitrogens with zero attached hydrogens (tertiary/aromatic N) is 1. The van der Waals surface area contributed by atoms with Gasteiger partial charge in [-0.05, 0) is 55.8 Å². The van der Waals surface area contributed by atoms with Crippen molar-refractivity contribution >= 4 is 28.8 Å². The molecule has 0 bridgehead atoms. The number of carbonyl (C=O) groups excluding carboxylic acids is 2. The van der Waals surface area contributed by atoms with Crippen LogP contribution >= 0.6 is 0 Å². The Bertz CT molecular complexity index is 1210. The van der Waals surface area contributed by atoms with Gasteiger partial charge in [0.1, 0.15) is 11.4 Å². The van der Waals surface area contributed by atoms with E-state index < -0.39 is 23.4 Å². The minimum Gasteiger partial charge on any atom is -0.491 e. The molecule has 0 aliphatic carbocycles. The molecule has 0 saturated carbocycles.